The molecule has 0 aliphatic heterocycles. The van der Waals surface area contributed by atoms with Gasteiger partial charge in [-0.2, -0.15) is 0 Å². The molecule has 0 atom stereocenters. The highest BCUT2D eigenvalue weighted by atomic mass is 16.4. The monoisotopic (exact) mass is 330 g/mol. The fourth-order valence-corrected chi connectivity index (χ4v) is 1.77. The molecule has 9 nitrogen and oxygen atoms in total. The van der Waals surface area contributed by atoms with Gasteiger partial charge >= 0.3 is 5.97 Å². The van der Waals surface area contributed by atoms with E-state index in [9.17, 15) is 15.0 Å². The van der Waals surface area contributed by atoms with Gasteiger partial charge in [-0.1, -0.05) is 60.7 Å². The zero-order chi connectivity index (χ0) is 12.3. The van der Waals surface area contributed by atoms with Crippen LogP contribution in [0.4, 0.5) is 0 Å². The minimum atomic E-state index is -2.00. The first kappa shape index (κ1) is 32.5. The van der Waals surface area contributed by atoms with Gasteiger partial charge in [-0.05, 0) is 11.1 Å². The number of rotatable bonds is 3. The Kier molecular flexibility index (Phi) is 18.8. The van der Waals surface area contributed by atoms with Crippen molar-refractivity contribution in [2.75, 3.05) is 0 Å². The Morgan fingerprint density at radius 3 is 1.13 bits per heavy atom. The molecule has 23 heavy (non-hydrogen) atoms. The van der Waals surface area contributed by atoms with Crippen molar-refractivity contribution in [3.05, 3.63) is 71.8 Å². The molecule has 20 N–H and O–H groups in total. The lowest BCUT2D eigenvalue weighted by Crippen LogP contribution is -2.36. The van der Waals surface area contributed by atoms with E-state index >= 15 is 0 Å². The van der Waals surface area contributed by atoms with Gasteiger partial charge in [-0.25, -0.2) is 4.79 Å². The van der Waals surface area contributed by atoms with Crippen LogP contribution >= 0.6 is 0 Å². The Morgan fingerprint density at radius 1 is 0.652 bits per heavy atom. The average Bonchev–Trinajstić information content (AvgIpc) is 2.39. The molecule has 0 unspecified atom stereocenters. The third-order valence-corrected chi connectivity index (χ3v) is 2.69. The fraction of sp³-hybridized carbons (Fsp3) is 0.0714. The molecule has 0 radical (unpaired) electrons. The third kappa shape index (κ3) is 6.10. The van der Waals surface area contributed by atoms with Crippen molar-refractivity contribution >= 4 is 5.97 Å². The van der Waals surface area contributed by atoms with E-state index in [1.165, 1.54) is 0 Å². The van der Waals surface area contributed by atoms with Gasteiger partial charge in [0.2, 0.25) is 5.60 Å². The van der Waals surface area contributed by atoms with Gasteiger partial charge in [0.25, 0.3) is 0 Å². The maximum atomic E-state index is 11.4. The van der Waals surface area contributed by atoms with Crippen LogP contribution < -0.4 is 36.9 Å². The standard InChI is InChI=1S/C14H12O3.6H3N/c15-13(16)14(17,11-7-3-1-4-8-11)12-9-5-2-6-10-12;;;;;;/h1-10,17H,(H,15,16);6*1H3. The minimum Gasteiger partial charge on any atom is -0.479 e. The van der Waals surface area contributed by atoms with E-state index in [0.717, 1.165) is 0 Å². The number of carboxylic acid groups (broad SMARTS) is 1. The molecular weight excluding hydrogens is 300 g/mol. The lowest BCUT2D eigenvalue weighted by Gasteiger charge is -2.24. The van der Waals surface area contributed by atoms with Gasteiger partial charge in [0, 0.05) is 0 Å². The maximum absolute atomic E-state index is 11.4. The molecule has 0 aromatic heterocycles. The summed E-state index contributed by atoms with van der Waals surface area (Å²) in [4.78, 5) is 11.4. The van der Waals surface area contributed by atoms with Crippen LogP contribution in [0.2, 0.25) is 0 Å². The second-order valence-electron chi connectivity index (χ2n) is 3.75. The lowest BCUT2D eigenvalue weighted by molar-refractivity contribution is -0.155. The summed E-state index contributed by atoms with van der Waals surface area (Å²) < 4.78 is 0. The summed E-state index contributed by atoms with van der Waals surface area (Å²) in [5.74, 6) is -1.28. The highest BCUT2D eigenvalue weighted by Crippen LogP contribution is 2.29. The highest BCUT2D eigenvalue weighted by molar-refractivity contribution is 5.83. The molecule has 0 bridgehead atoms. The second kappa shape index (κ2) is 13.3. The summed E-state index contributed by atoms with van der Waals surface area (Å²) in [5, 5.41) is 19.7. The number of aliphatic carboxylic acids is 1. The Hall–Kier alpha value is -2.37. The van der Waals surface area contributed by atoms with Crippen molar-refractivity contribution in [3.63, 3.8) is 0 Å². The first-order valence-corrected chi connectivity index (χ1v) is 5.22. The Balaban J connectivity index is -0.000000180. The molecule has 0 spiro atoms. The smallest absolute Gasteiger partial charge is 0.345 e. The lowest BCUT2D eigenvalue weighted by atomic mass is 9.86. The third-order valence-electron chi connectivity index (χ3n) is 2.69. The van der Waals surface area contributed by atoms with Crippen LogP contribution in [0.1, 0.15) is 11.1 Å². The number of hydrogen-bond donors (Lipinski definition) is 8. The Morgan fingerprint density at radius 2 is 0.913 bits per heavy atom. The van der Waals surface area contributed by atoms with Crippen molar-refractivity contribution in [3.8, 4) is 0 Å². The van der Waals surface area contributed by atoms with E-state index in [1.807, 2.05) is 0 Å². The molecular formula is C14H30N6O3. The second-order valence-corrected chi connectivity index (χ2v) is 3.75. The maximum Gasteiger partial charge on any atom is 0.345 e. The van der Waals surface area contributed by atoms with Crippen LogP contribution in [-0.2, 0) is 10.4 Å². The largest absolute Gasteiger partial charge is 0.479 e. The van der Waals surface area contributed by atoms with Gasteiger partial charge in [-0.3, -0.25) is 0 Å². The van der Waals surface area contributed by atoms with Crippen molar-refractivity contribution in [2.45, 2.75) is 5.60 Å². The molecule has 2 rings (SSSR count). The van der Waals surface area contributed by atoms with E-state index < -0.39 is 11.6 Å². The molecule has 0 heterocycles. The van der Waals surface area contributed by atoms with Gasteiger partial charge < -0.3 is 47.1 Å². The number of hydrogen-bond acceptors (Lipinski definition) is 8. The summed E-state index contributed by atoms with van der Waals surface area (Å²) in [7, 11) is 0. The quantitative estimate of drug-likeness (QED) is 0.410. The molecule has 0 aliphatic rings. The molecule has 134 valence electrons. The summed E-state index contributed by atoms with van der Waals surface area (Å²) in [5.41, 5.74) is -1.31. The first-order chi connectivity index (χ1) is 8.15. The average molecular weight is 330 g/mol. The normalized spacial score (nSPS) is 8.22. The van der Waals surface area contributed by atoms with Crippen molar-refractivity contribution in [1.82, 2.24) is 36.9 Å². The van der Waals surface area contributed by atoms with Crippen molar-refractivity contribution in [1.29, 1.82) is 0 Å². The van der Waals surface area contributed by atoms with Gasteiger partial charge in [0.1, 0.15) is 0 Å². The van der Waals surface area contributed by atoms with Gasteiger partial charge in [0.15, 0.2) is 0 Å². The van der Waals surface area contributed by atoms with E-state index in [4.69, 9.17) is 0 Å². The minimum absolute atomic E-state index is 0. The van der Waals surface area contributed by atoms with Crippen molar-refractivity contribution in [2.24, 2.45) is 0 Å². The predicted octanol–water partition coefficient (Wildman–Crippen LogP) is 2.98. The van der Waals surface area contributed by atoms with E-state index in [0.29, 0.717) is 11.1 Å². The molecule has 2 aromatic rings. The van der Waals surface area contributed by atoms with Gasteiger partial charge in [0.05, 0.1) is 0 Å². The zero-order valence-corrected chi connectivity index (χ0v) is 13.3. The summed E-state index contributed by atoms with van der Waals surface area (Å²) in [6, 6.07) is 16.7. The first-order valence-electron chi connectivity index (χ1n) is 5.22. The zero-order valence-electron chi connectivity index (χ0n) is 13.3. The molecule has 0 saturated carbocycles. The predicted molar refractivity (Wildman–Crippen MR) is 93.7 cm³/mol. The number of carbonyl (C=O) groups is 1. The number of benzene rings is 2. The van der Waals surface area contributed by atoms with Crippen LogP contribution in [0, 0.1) is 0 Å². The highest BCUT2D eigenvalue weighted by Gasteiger charge is 2.39. The van der Waals surface area contributed by atoms with Gasteiger partial charge in [-0.15, -0.1) is 0 Å². The molecule has 9 heteroatoms. The number of aliphatic hydroxyl groups is 1. The summed E-state index contributed by atoms with van der Waals surface area (Å²) in [6.45, 7) is 0. The number of carboxylic acids is 1. The van der Waals surface area contributed by atoms with Crippen LogP contribution in [-0.4, -0.2) is 16.2 Å². The Labute approximate surface area is 136 Å². The van der Waals surface area contributed by atoms with Crippen LogP contribution in [0.15, 0.2) is 60.7 Å². The molecule has 0 saturated heterocycles. The van der Waals surface area contributed by atoms with E-state index in [-0.39, 0.29) is 36.9 Å². The van der Waals surface area contributed by atoms with Crippen LogP contribution in [0.25, 0.3) is 0 Å². The topological polar surface area (TPSA) is 268 Å². The SMILES string of the molecule is N.N.N.N.N.N.O=C(O)C(O)(c1ccccc1)c1ccccc1. The van der Waals surface area contributed by atoms with E-state index in [1.54, 1.807) is 60.7 Å². The Bertz CT molecular complexity index is 485. The molecule has 0 fully saturated rings. The summed E-state index contributed by atoms with van der Waals surface area (Å²) >= 11 is 0. The summed E-state index contributed by atoms with van der Waals surface area (Å²) in [6.07, 6.45) is 0. The van der Waals surface area contributed by atoms with Crippen molar-refractivity contribution < 1.29 is 15.0 Å². The molecule has 0 aliphatic carbocycles. The molecule has 0 amide bonds. The van der Waals surface area contributed by atoms with Crippen LogP contribution in [0.5, 0.6) is 0 Å². The fourth-order valence-electron chi connectivity index (χ4n) is 1.77. The molecule has 2 aromatic carbocycles. The van der Waals surface area contributed by atoms with E-state index in [2.05, 4.69) is 0 Å². The van der Waals surface area contributed by atoms with Crippen LogP contribution in [0.3, 0.4) is 0 Å².